The molecule has 0 aliphatic carbocycles. The second-order valence-electron chi connectivity index (χ2n) is 3.60. The summed E-state index contributed by atoms with van der Waals surface area (Å²) in [7, 11) is 0. The van der Waals surface area contributed by atoms with E-state index in [2.05, 4.69) is 12.0 Å². The minimum Gasteiger partial charge on any atom is -0.326 e. The molecule has 1 aromatic carbocycles. The number of hydrogen-bond acceptors (Lipinski definition) is 2. The average molecular weight is 236 g/mol. The minimum absolute atomic E-state index is 0.508. The molecule has 0 unspecified atom stereocenters. The number of halogens is 1. The van der Waals surface area contributed by atoms with Crippen LogP contribution in [-0.4, -0.2) is 9.78 Å². The van der Waals surface area contributed by atoms with Crippen LogP contribution in [-0.2, 0) is 13.1 Å². The summed E-state index contributed by atoms with van der Waals surface area (Å²) in [6, 6.07) is 5.88. The minimum atomic E-state index is 0.508. The highest BCUT2D eigenvalue weighted by atomic mass is 35.5. The first-order valence-electron chi connectivity index (χ1n) is 5.26. The van der Waals surface area contributed by atoms with Gasteiger partial charge in [-0.15, -0.1) is 0 Å². The van der Waals surface area contributed by atoms with Gasteiger partial charge >= 0.3 is 0 Å². The van der Waals surface area contributed by atoms with E-state index in [9.17, 15) is 0 Å². The molecule has 0 spiro atoms. The topological polar surface area (TPSA) is 43.8 Å². The van der Waals surface area contributed by atoms with Gasteiger partial charge in [0.05, 0.1) is 6.20 Å². The van der Waals surface area contributed by atoms with E-state index in [4.69, 9.17) is 17.3 Å². The number of benzene rings is 1. The number of nitrogens with zero attached hydrogens (tertiary/aromatic N) is 2. The fourth-order valence-corrected chi connectivity index (χ4v) is 1.91. The van der Waals surface area contributed by atoms with E-state index in [0.717, 1.165) is 28.3 Å². The molecule has 0 saturated carbocycles. The molecule has 2 N–H and O–H groups in total. The maximum Gasteiger partial charge on any atom is 0.0568 e. The second-order valence-corrected chi connectivity index (χ2v) is 4.01. The molecule has 2 rings (SSSR count). The predicted molar refractivity (Wildman–Crippen MR) is 66.2 cm³/mol. The van der Waals surface area contributed by atoms with Crippen molar-refractivity contribution in [2.75, 3.05) is 0 Å². The molecule has 0 atom stereocenters. The molecular weight excluding hydrogens is 222 g/mol. The number of hydrogen-bond donors (Lipinski definition) is 1. The van der Waals surface area contributed by atoms with E-state index in [1.807, 2.05) is 35.3 Å². The fraction of sp³-hybridized carbons (Fsp3) is 0.250. The maximum atomic E-state index is 6.20. The normalized spacial score (nSPS) is 10.7. The Bertz CT molecular complexity index is 491. The largest absolute Gasteiger partial charge is 0.326 e. The van der Waals surface area contributed by atoms with Crippen molar-refractivity contribution < 1.29 is 0 Å². The van der Waals surface area contributed by atoms with E-state index in [-0.39, 0.29) is 0 Å². The van der Waals surface area contributed by atoms with Gasteiger partial charge < -0.3 is 5.73 Å². The van der Waals surface area contributed by atoms with Gasteiger partial charge in [0.25, 0.3) is 0 Å². The van der Waals surface area contributed by atoms with Gasteiger partial charge in [-0.1, -0.05) is 23.7 Å². The van der Waals surface area contributed by atoms with Crippen LogP contribution in [0.1, 0.15) is 12.5 Å². The van der Waals surface area contributed by atoms with Crippen molar-refractivity contribution in [3.05, 3.63) is 41.2 Å². The zero-order valence-corrected chi connectivity index (χ0v) is 9.91. The van der Waals surface area contributed by atoms with E-state index in [0.29, 0.717) is 6.54 Å². The molecular formula is C12H14ClN3. The lowest BCUT2D eigenvalue weighted by Gasteiger charge is -2.03. The maximum absolute atomic E-state index is 6.20. The third kappa shape index (κ3) is 2.10. The molecule has 3 nitrogen and oxygen atoms in total. The lowest BCUT2D eigenvalue weighted by molar-refractivity contribution is 0.660. The van der Waals surface area contributed by atoms with Crippen molar-refractivity contribution in [1.29, 1.82) is 0 Å². The molecule has 0 fully saturated rings. The first kappa shape index (κ1) is 11.2. The number of nitrogens with two attached hydrogens (primary N) is 1. The van der Waals surface area contributed by atoms with Gasteiger partial charge in [0.1, 0.15) is 0 Å². The summed E-state index contributed by atoms with van der Waals surface area (Å²) in [5, 5.41) is 4.95. The van der Waals surface area contributed by atoms with E-state index in [1.165, 1.54) is 0 Å². The lowest BCUT2D eigenvalue weighted by atomic mass is 10.1. The Labute approximate surface area is 99.8 Å². The summed E-state index contributed by atoms with van der Waals surface area (Å²) in [5.74, 6) is 0. The van der Waals surface area contributed by atoms with Crippen LogP contribution < -0.4 is 5.73 Å². The van der Waals surface area contributed by atoms with Crippen molar-refractivity contribution >= 4 is 11.6 Å². The van der Waals surface area contributed by atoms with E-state index >= 15 is 0 Å². The number of aromatic nitrogens is 2. The molecule has 1 heterocycles. The summed E-state index contributed by atoms with van der Waals surface area (Å²) in [6.07, 6.45) is 3.82. The zero-order valence-electron chi connectivity index (χ0n) is 9.15. The van der Waals surface area contributed by atoms with Crippen molar-refractivity contribution in [3.63, 3.8) is 0 Å². The van der Waals surface area contributed by atoms with Crippen LogP contribution in [0.15, 0.2) is 30.6 Å². The van der Waals surface area contributed by atoms with Gasteiger partial charge in [-0.25, -0.2) is 0 Å². The Morgan fingerprint density at radius 2 is 2.25 bits per heavy atom. The van der Waals surface area contributed by atoms with E-state index < -0.39 is 0 Å². The predicted octanol–water partition coefficient (Wildman–Crippen LogP) is 2.68. The van der Waals surface area contributed by atoms with Crippen molar-refractivity contribution in [1.82, 2.24) is 9.78 Å². The molecule has 0 saturated heterocycles. The van der Waals surface area contributed by atoms with Crippen LogP contribution in [0, 0.1) is 0 Å². The highest BCUT2D eigenvalue weighted by molar-refractivity contribution is 6.33. The molecule has 0 bridgehead atoms. The standard InChI is InChI=1S/C12H14ClN3/c1-2-16-8-10(7-15-16)11-4-3-9(6-14)5-12(11)13/h3-5,7-8H,2,6,14H2,1H3. The summed E-state index contributed by atoms with van der Waals surface area (Å²) in [6.45, 7) is 3.42. The molecule has 0 amide bonds. The smallest absolute Gasteiger partial charge is 0.0568 e. The van der Waals surface area contributed by atoms with Crippen LogP contribution in [0.3, 0.4) is 0 Å². The highest BCUT2D eigenvalue weighted by Crippen LogP contribution is 2.28. The van der Waals surface area contributed by atoms with Crippen LogP contribution in [0.5, 0.6) is 0 Å². The van der Waals surface area contributed by atoms with Crippen LogP contribution in [0.4, 0.5) is 0 Å². The molecule has 0 aliphatic rings. The van der Waals surface area contributed by atoms with Crippen molar-refractivity contribution in [2.24, 2.45) is 5.73 Å². The van der Waals surface area contributed by atoms with Gasteiger partial charge in [-0.3, -0.25) is 4.68 Å². The third-order valence-electron chi connectivity index (χ3n) is 2.54. The lowest BCUT2D eigenvalue weighted by Crippen LogP contribution is -1.95. The van der Waals surface area contributed by atoms with Crippen LogP contribution in [0.2, 0.25) is 5.02 Å². The Morgan fingerprint density at radius 1 is 1.44 bits per heavy atom. The Hall–Kier alpha value is -1.32. The Kier molecular flexibility index (Phi) is 3.27. The van der Waals surface area contributed by atoms with Gasteiger partial charge in [0.15, 0.2) is 0 Å². The third-order valence-corrected chi connectivity index (χ3v) is 2.85. The molecule has 16 heavy (non-hydrogen) atoms. The zero-order chi connectivity index (χ0) is 11.5. The Balaban J connectivity index is 2.40. The number of rotatable bonds is 3. The first-order chi connectivity index (χ1) is 7.74. The molecule has 4 heteroatoms. The SMILES string of the molecule is CCn1cc(-c2ccc(CN)cc2Cl)cn1. The molecule has 1 aromatic heterocycles. The average Bonchev–Trinajstić information content (AvgIpc) is 2.77. The van der Waals surface area contributed by atoms with Crippen molar-refractivity contribution in [3.8, 4) is 11.1 Å². The molecule has 0 aliphatic heterocycles. The second kappa shape index (κ2) is 4.68. The highest BCUT2D eigenvalue weighted by Gasteiger charge is 2.06. The molecule has 2 aromatic rings. The Morgan fingerprint density at radius 3 is 2.81 bits per heavy atom. The summed E-state index contributed by atoms with van der Waals surface area (Å²) in [4.78, 5) is 0. The van der Waals surface area contributed by atoms with Crippen LogP contribution in [0.25, 0.3) is 11.1 Å². The first-order valence-corrected chi connectivity index (χ1v) is 5.63. The summed E-state index contributed by atoms with van der Waals surface area (Å²) < 4.78 is 1.88. The van der Waals surface area contributed by atoms with Gasteiger partial charge in [0, 0.05) is 35.4 Å². The van der Waals surface area contributed by atoms with Gasteiger partial charge in [-0.05, 0) is 18.6 Å². The fourth-order valence-electron chi connectivity index (χ4n) is 1.60. The summed E-state index contributed by atoms with van der Waals surface area (Å²) >= 11 is 6.20. The summed E-state index contributed by atoms with van der Waals surface area (Å²) in [5.41, 5.74) is 8.63. The monoisotopic (exact) mass is 235 g/mol. The van der Waals surface area contributed by atoms with Gasteiger partial charge in [-0.2, -0.15) is 5.10 Å². The van der Waals surface area contributed by atoms with Crippen molar-refractivity contribution in [2.45, 2.75) is 20.0 Å². The quantitative estimate of drug-likeness (QED) is 0.889. The van der Waals surface area contributed by atoms with Gasteiger partial charge in [0.2, 0.25) is 0 Å². The van der Waals surface area contributed by atoms with Crippen LogP contribution >= 0.6 is 11.6 Å². The molecule has 0 radical (unpaired) electrons. The molecule has 84 valence electrons. The number of aryl methyl sites for hydroxylation is 1. The van der Waals surface area contributed by atoms with E-state index in [1.54, 1.807) is 0 Å².